The number of aryl methyl sites for hydroxylation is 2. The van der Waals surface area contributed by atoms with Gasteiger partial charge in [0.05, 0.1) is 0 Å². The largest absolute Gasteiger partial charge is 0.346 e. The van der Waals surface area contributed by atoms with Gasteiger partial charge in [0, 0.05) is 43.2 Å². The number of amides is 1. The predicted octanol–water partition coefficient (Wildman–Crippen LogP) is 5.52. The number of carbonyl (C=O) groups is 1. The number of hydrogen-bond acceptors (Lipinski definition) is 5. The van der Waals surface area contributed by atoms with E-state index in [4.69, 9.17) is 0 Å². The third-order valence-corrected chi connectivity index (χ3v) is 6.00. The van der Waals surface area contributed by atoms with Crippen molar-refractivity contribution in [3.63, 3.8) is 0 Å². The fourth-order valence-electron chi connectivity index (χ4n) is 3.16. The van der Waals surface area contributed by atoms with Crippen molar-refractivity contribution in [2.75, 3.05) is 23.3 Å². The third-order valence-electron chi connectivity index (χ3n) is 5.18. The van der Waals surface area contributed by atoms with Gasteiger partial charge in [-0.2, -0.15) is 4.37 Å². The number of rotatable bonds is 10. The number of halogens is 1. The van der Waals surface area contributed by atoms with Crippen molar-refractivity contribution in [2.24, 2.45) is 0 Å². The Labute approximate surface area is 187 Å². The predicted molar refractivity (Wildman–Crippen MR) is 125 cm³/mol. The second-order valence-electron chi connectivity index (χ2n) is 7.73. The molecule has 0 bridgehead atoms. The van der Waals surface area contributed by atoms with Gasteiger partial charge in [0.2, 0.25) is 11.0 Å². The summed E-state index contributed by atoms with van der Waals surface area (Å²) in [6.07, 6.45) is 3.02. The molecule has 2 aromatic carbocycles. The van der Waals surface area contributed by atoms with E-state index in [0.717, 1.165) is 41.3 Å². The number of hydrogen-bond donors (Lipinski definition) is 1. The maximum Gasteiger partial charge on any atom is 0.226 e. The molecule has 0 atom stereocenters. The Morgan fingerprint density at radius 3 is 2.58 bits per heavy atom. The van der Waals surface area contributed by atoms with Crippen LogP contribution in [0.5, 0.6) is 0 Å². The lowest BCUT2D eigenvalue weighted by Gasteiger charge is -2.21. The molecule has 0 radical (unpaired) electrons. The zero-order valence-electron chi connectivity index (χ0n) is 18.3. The van der Waals surface area contributed by atoms with Crippen molar-refractivity contribution in [3.8, 4) is 0 Å². The summed E-state index contributed by atoms with van der Waals surface area (Å²) in [5.74, 6) is 0.453. The molecule has 0 unspecified atom stereocenters. The summed E-state index contributed by atoms with van der Waals surface area (Å²) < 4.78 is 17.6. The van der Waals surface area contributed by atoms with Crippen molar-refractivity contribution >= 4 is 28.3 Å². The zero-order valence-corrected chi connectivity index (χ0v) is 19.1. The molecule has 31 heavy (non-hydrogen) atoms. The zero-order chi connectivity index (χ0) is 22.2. The molecule has 0 fully saturated rings. The number of aromatic nitrogens is 2. The molecule has 0 saturated carbocycles. The van der Waals surface area contributed by atoms with E-state index in [1.54, 1.807) is 12.1 Å². The van der Waals surface area contributed by atoms with E-state index in [-0.39, 0.29) is 11.7 Å². The van der Waals surface area contributed by atoms with E-state index in [1.807, 2.05) is 25.1 Å². The Morgan fingerprint density at radius 2 is 1.87 bits per heavy atom. The van der Waals surface area contributed by atoms with Gasteiger partial charge in [-0.15, -0.1) is 0 Å². The van der Waals surface area contributed by atoms with Gasteiger partial charge in [-0.25, -0.2) is 9.37 Å². The first-order valence-electron chi connectivity index (χ1n) is 10.6. The number of carbonyl (C=O) groups excluding carboxylic acids is 1. The van der Waals surface area contributed by atoms with Gasteiger partial charge >= 0.3 is 0 Å². The first-order valence-corrected chi connectivity index (χ1v) is 11.4. The maximum atomic E-state index is 13.1. The van der Waals surface area contributed by atoms with Gasteiger partial charge in [0.15, 0.2) is 0 Å². The molecule has 1 amide bonds. The van der Waals surface area contributed by atoms with Crippen molar-refractivity contribution in [2.45, 2.75) is 46.5 Å². The first-order chi connectivity index (χ1) is 14.9. The number of unbranched alkanes of at least 4 members (excludes halogenated alkanes) is 1. The molecule has 0 spiro atoms. The summed E-state index contributed by atoms with van der Waals surface area (Å²) in [7, 11) is 0. The van der Waals surface area contributed by atoms with Crippen LogP contribution in [-0.2, 0) is 11.2 Å². The summed E-state index contributed by atoms with van der Waals surface area (Å²) in [5.41, 5.74) is 4.16. The average molecular weight is 441 g/mol. The van der Waals surface area contributed by atoms with Gasteiger partial charge in [-0.1, -0.05) is 31.5 Å². The van der Waals surface area contributed by atoms with Crippen molar-refractivity contribution < 1.29 is 9.18 Å². The molecule has 1 heterocycles. The monoisotopic (exact) mass is 440 g/mol. The highest BCUT2D eigenvalue weighted by Crippen LogP contribution is 2.21. The lowest BCUT2D eigenvalue weighted by molar-refractivity contribution is -0.116. The normalized spacial score (nSPS) is 10.8. The molecular weight excluding hydrogens is 411 g/mol. The molecule has 3 rings (SSSR count). The second kappa shape index (κ2) is 11.0. The Balaban J connectivity index is 1.60. The van der Waals surface area contributed by atoms with Gasteiger partial charge in [0.25, 0.3) is 0 Å². The van der Waals surface area contributed by atoms with Crippen LogP contribution in [0.15, 0.2) is 42.5 Å². The Bertz CT molecular complexity index is 1000. The average Bonchev–Trinajstić information content (AvgIpc) is 3.21. The molecule has 7 heteroatoms. The van der Waals surface area contributed by atoms with Crippen LogP contribution in [0.2, 0.25) is 0 Å². The minimum Gasteiger partial charge on any atom is -0.346 e. The summed E-state index contributed by atoms with van der Waals surface area (Å²) in [5, 5.41) is 3.81. The van der Waals surface area contributed by atoms with E-state index >= 15 is 0 Å². The van der Waals surface area contributed by atoms with Crippen LogP contribution >= 0.6 is 11.5 Å². The highest BCUT2D eigenvalue weighted by atomic mass is 32.1. The minimum atomic E-state index is -0.250. The first kappa shape index (κ1) is 22.9. The Morgan fingerprint density at radius 1 is 1.10 bits per heavy atom. The SMILES string of the molecule is CCCCN(CCC(=O)Nc1ccc(C)c(C)c1)c1nc(Cc2ccc(F)cc2)ns1. The molecule has 1 N–H and O–H groups in total. The Kier molecular flexibility index (Phi) is 8.12. The quantitative estimate of drug-likeness (QED) is 0.451. The Hall–Kier alpha value is -2.80. The van der Waals surface area contributed by atoms with E-state index in [2.05, 4.69) is 33.4 Å². The van der Waals surface area contributed by atoms with Crippen molar-refractivity contribution in [1.29, 1.82) is 0 Å². The van der Waals surface area contributed by atoms with Crippen molar-refractivity contribution in [3.05, 3.63) is 70.8 Å². The lowest BCUT2D eigenvalue weighted by atomic mass is 10.1. The molecule has 0 aliphatic carbocycles. The maximum absolute atomic E-state index is 13.1. The highest BCUT2D eigenvalue weighted by Gasteiger charge is 2.15. The number of nitrogens with zero attached hydrogens (tertiary/aromatic N) is 3. The van der Waals surface area contributed by atoms with Crippen molar-refractivity contribution in [1.82, 2.24) is 9.36 Å². The van der Waals surface area contributed by atoms with Crippen LogP contribution in [0.4, 0.5) is 15.2 Å². The fraction of sp³-hybridized carbons (Fsp3) is 0.375. The molecule has 0 aliphatic rings. The number of nitrogens with one attached hydrogen (secondary N) is 1. The summed E-state index contributed by atoms with van der Waals surface area (Å²) in [4.78, 5) is 19.3. The van der Waals surface area contributed by atoms with Crippen LogP contribution in [-0.4, -0.2) is 28.4 Å². The summed E-state index contributed by atoms with van der Waals surface area (Å²) in [6, 6.07) is 12.3. The van der Waals surface area contributed by atoms with Gasteiger partial charge in [0.1, 0.15) is 11.6 Å². The minimum absolute atomic E-state index is 0.0131. The molecule has 164 valence electrons. The van der Waals surface area contributed by atoms with Crippen LogP contribution in [0.1, 0.15) is 48.7 Å². The van der Waals surface area contributed by atoms with Crippen LogP contribution in [0.3, 0.4) is 0 Å². The third kappa shape index (κ3) is 6.85. The smallest absolute Gasteiger partial charge is 0.226 e. The molecule has 3 aromatic rings. The second-order valence-corrected chi connectivity index (χ2v) is 8.46. The van der Waals surface area contributed by atoms with Crippen LogP contribution in [0.25, 0.3) is 0 Å². The number of benzene rings is 2. The number of anilines is 2. The highest BCUT2D eigenvalue weighted by molar-refractivity contribution is 7.09. The van der Waals surface area contributed by atoms with E-state index in [0.29, 0.717) is 25.2 Å². The molecular formula is C24H29FN4OS. The van der Waals surface area contributed by atoms with Crippen LogP contribution in [0, 0.1) is 19.7 Å². The van der Waals surface area contributed by atoms with Gasteiger partial charge < -0.3 is 10.2 Å². The molecule has 0 saturated heterocycles. The standard InChI is InChI=1S/C24H29FN4OS/c1-4-5-13-29(14-12-23(30)26-21-11-6-17(2)18(3)15-21)24-27-22(28-31-24)16-19-7-9-20(25)10-8-19/h6-11,15H,4-5,12-14,16H2,1-3H3,(H,26,30). The van der Waals surface area contributed by atoms with Gasteiger partial charge in [-0.05, 0) is 61.2 Å². The molecule has 1 aromatic heterocycles. The van der Waals surface area contributed by atoms with E-state index < -0.39 is 0 Å². The molecule has 0 aliphatic heterocycles. The summed E-state index contributed by atoms with van der Waals surface area (Å²) in [6.45, 7) is 7.65. The van der Waals surface area contributed by atoms with Crippen LogP contribution < -0.4 is 10.2 Å². The van der Waals surface area contributed by atoms with E-state index in [1.165, 1.54) is 29.2 Å². The fourth-order valence-corrected chi connectivity index (χ4v) is 3.90. The molecule has 5 nitrogen and oxygen atoms in total. The topological polar surface area (TPSA) is 58.1 Å². The van der Waals surface area contributed by atoms with Gasteiger partial charge in [-0.3, -0.25) is 4.79 Å². The summed E-state index contributed by atoms with van der Waals surface area (Å²) >= 11 is 1.35. The van der Waals surface area contributed by atoms with E-state index in [9.17, 15) is 9.18 Å². The lowest BCUT2D eigenvalue weighted by Crippen LogP contribution is -2.28.